The highest BCUT2D eigenvalue weighted by molar-refractivity contribution is 7.09. The fourth-order valence-electron chi connectivity index (χ4n) is 3.25. The highest BCUT2D eigenvalue weighted by Gasteiger charge is 2.38. The molecule has 1 atom stereocenters. The van der Waals surface area contributed by atoms with Crippen molar-refractivity contribution in [1.29, 1.82) is 0 Å². The SMILES string of the molecule is CCOc1ccc(N(C(=O)c2snc(C(N)=O)c2N)C(C(=O)NC(C)(C)C)c2ccco2)cc1. The molecule has 3 aromatic rings. The van der Waals surface area contributed by atoms with Gasteiger partial charge in [0, 0.05) is 11.2 Å². The molecular formula is C23H27N5O5S. The molecule has 0 saturated heterocycles. The van der Waals surface area contributed by atoms with E-state index in [4.69, 9.17) is 20.6 Å². The second-order valence-corrected chi connectivity index (χ2v) is 9.17. The maximum Gasteiger partial charge on any atom is 0.273 e. The molecule has 2 heterocycles. The number of amides is 3. The summed E-state index contributed by atoms with van der Waals surface area (Å²) in [5.74, 6) is -1.13. The number of ether oxygens (including phenoxy) is 1. The van der Waals surface area contributed by atoms with Gasteiger partial charge >= 0.3 is 0 Å². The van der Waals surface area contributed by atoms with Crippen molar-refractivity contribution < 1.29 is 23.5 Å². The summed E-state index contributed by atoms with van der Waals surface area (Å²) >= 11 is 0.732. The predicted octanol–water partition coefficient (Wildman–Crippen LogP) is 3.12. The number of carbonyl (C=O) groups is 3. The van der Waals surface area contributed by atoms with Crippen molar-refractivity contribution in [3.8, 4) is 5.75 Å². The molecule has 0 saturated carbocycles. The topological polar surface area (TPSA) is 154 Å². The summed E-state index contributed by atoms with van der Waals surface area (Å²) in [6.07, 6.45) is 1.42. The minimum absolute atomic E-state index is 0.0252. The number of hydrogen-bond acceptors (Lipinski definition) is 8. The lowest BCUT2D eigenvalue weighted by Gasteiger charge is -2.32. The minimum Gasteiger partial charge on any atom is -0.494 e. The molecule has 0 aliphatic rings. The van der Waals surface area contributed by atoms with Gasteiger partial charge in [0.2, 0.25) is 0 Å². The Morgan fingerprint density at radius 1 is 1.21 bits per heavy atom. The lowest BCUT2D eigenvalue weighted by Crippen LogP contribution is -2.49. The number of hydrogen-bond donors (Lipinski definition) is 3. The van der Waals surface area contributed by atoms with Gasteiger partial charge < -0.3 is 25.9 Å². The number of primary amides is 1. The second-order valence-electron chi connectivity index (χ2n) is 8.40. The Kier molecular flexibility index (Phi) is 7.26. The van der Waals surface area contributed by atoms with Crippen LogP contribution in [0.25, 0.3) is 0 Å². The van der Waals surface area contributed by atoms with Crippen LogP contribution in [0.2, 0.25) is 0 Å². The maximum absolute atomic E-state index is 13.8. The van der Waals surface area contributed by atoms with Gasteiger partial charge in [-0.2, -0.15) is 4.37 Å². The molecule has 1 aromatic carbocycles. The third kappa shape index (κ3) is 5.37. The first-order chi connectivity index (χ1) is 16.0. The largest absolute Gasteiger partial charge is 0.494 e. The van der Waals surface area contributed by atoms with Crippen LogP contribution in [0, 0.1) is 0 Å². The quantitative estimate of drug-likeness (QED) is 0.443. The number of rotatable bonds is 8. The van der Waals surface area contributed by atoms with Gasteiger partial charge in [-0.15, -0.1) is 0 Å². The normalized spacial score (nSPS) is 12.1. The molecule has 180 valence electrons. The van der Waals surface area contributed by atoms with Crippen molar-refractivity contribution in [2.75, 3.05) is 17.2 Å². The van der Waals surface area contributed by atoms with E-state index in [1.54, 1.807) is 36.4 Å². The zero-order valence-corrected chi connectivity index (χ0v) is 20.1. The van der Waals surface area contributed by atoms with Gasteiger partial charge in [0.05, 0.1) is 18.6 Å². The monoisotopic (exact) mass is 485 g/mol. The molecule has 11 heteroatoms. The molecule has 3 rings (SSSR count). The molecule has 2 aromatic heterocycles. The van der Waals surface area contributed by atoms with Crippen LogP contribution in [0.15, 0.2) is 47.1 Å². The predicted molar refractivity (Wildman–Crippen MR) is 129 cm³/mol. The lowest BCUT2D eigenvalue weighted by molar-refractivity contribution is -0.124. The van der Waals surface area contributed by atoms with Crippen LogP contribution in [0.3, 0.4) is 0 Å². The fraction of sp³-hybridized carbons (Fsp3) is 0.304. The summed E-state index contributed by atoms with van der Waals surface area (Å²) in [6, 6.07) is 8.71. The van der Waals surface area contributed by atoms with Gasteiger partial charge in [-0.3, -0.25) is 19.3 Å². The van der Waals surface area contributed by atoms with E-state index in [0.717, 1.165) is 11.5 Å². The fourth-order valence-corrected chi connectivity index (χ4v) is 3.99. The van der Waals surface area contributed by atoms with Crippen LogP contribution in [0.5, 0.6) is 5.75 Å². The number of nitrogens with one attached hydrogen (secondary N) is 1. The Bertz CT molecular complexity index is 1170. The number of nitrogen functional groups attached to an aromatic ring is 1. The van der Waals surface area contributed by atoms with E-state index in [0.29, 0.717) is 18.0 Å². The Labute approximate surface area is 201 Å². The Morgan fingerprint density at radius 2 is 1.88 bits per heavy atom. The van der Waals surface area contributed by atoms with E-state index in [-0.39, 0.29) is 22.0 Å². The van der Waals surface area contributed by atoms with Crippen molar-refractivity contribution in [2.24, 2.45) is 5.73 Å². The number of anilines is 2. The van der Waals surface area contributed by atoms with Crippen molar-refractivity contribution in [3.05, 3.63) is 59.0 Å². The number of nitrogens with zero attached hydrogens (tertiary/aromatic N) is 2. The zero-order valence-electron chi connectivity index (χ0n) is 19.3. The molecule has 0 aliphatic heterocycles. The number of nitrogens with two attached hydrogens (primary N) is 2. The summed E-state index contributed by atoms with van der Waals surface area (Å²) in [7, 11) is 0. The summed E-state index contributed by atoms with van der Waals surface area (Å²) in [4.78, 5) is 40.2. The van der Waals surface area contributed by atoms with Crippen molar-refractivity contribution in [3.63, 3.8) is 0 Å². The molecular weight excluding hydrogens is 458 g/mol. The minimum atomic E-state index is -1.18. The summed E-state index contributed by atoms with van der Waals surface area (Å²) in [5.41, 5.74) is 10.8. The highest BCUT2D eigenvalue weighted by atomic mass is 32.1. The number of carbonyl (C=O) groups excluding carboxylic acids is 3. The second kappa shape index (κ2) is 9.96. The molecule has 0 fully saturated rings. The van der Waals surface area contributed by atoms with Gasteiger partial charge in [0.25, 0.3) is 17.7 Å². The first-order valence-electron chi connectivity index (χ1n) is 10.5. The molecule has 1 unspecified atom stereocenters. The summed E-state index contributed by atoms with van der Waals surface area (Å²) < 4.78 is 15.0. The molecule has 0 spiro atoms. The number of aromatic nitrogens is 1. The van der Waals surface area contributed by atoms with E-state index in [2.05, 4.69) is 9.69 Å². The smallest absolute Gasteiger partial charge is 0.273 e. The third-order valence-electron chi connectivity index (χ3n) is 4.62. The Balaban J connectivity index is 2.17. The molecule has 5 N–H and O–H groups in total. The van der Waals surface area contributed by atoms with Crippen molar-refractivity contribution in [1.82, 2.24) is 9.69 Å². The van der Waals surface area contributed by atoms with E-state index < -0.39 is 29.3 Å². The van der Waals surface area contributed by atoms with Crippen LogP contribution >= 0.6 is 11.5 Å². The highest BCUT2D eigenvalue weighted by Crippen LogP contribution is 2.34. The lowest BCUT2D eigenvalue weighted by atomic mass is 10.1. The van der Waals surface area contributed by atoms with E-state index in [1.807, 2.05) is 27.7 Å². The van der Waals surface area contributed by atoms with Crippen LogP contribution in [-0.4, -0.2) is 34.2 Å². The van der Waals surface area contributed by atoms with E-state index in [9.17, 15) is 14.4 Å². The van der Waals surface area contributed by atoms with Crippen LogP contribution < -0.4 is 26.4 Å². The first-order valence-corrected chi connectivity index (χ1v) is 11.3. The molecule has 0 bridgehead atoms. The van der Waals surface area contributed by atoms with Crippen LogP contribution in [0.1, 0.15) is 59.7 Å². The Hall–Kier alpha value is -3.86. The molecule has 0 radical (unpaired) electrons. The number of benzene rings is 1. The van der Waals surface area contributed by atoms with Crippen molar-refractivity contribution in [2.45, 2.75) is 39.3 Å². The average molecular weight is 486 g/mol. The van der Waals surface area contributed by atoms with Gasteiger partial charge in [-0.25, -0.2) is 0 Å². The maximum atomic E-state index is 13.8. The third-order valence-corrected chi connectivity index (χ3v) is 5.47. The average Bonchev–Trinajstić information content (AvgIpc) is 3.41. The van der Waals surface area contributed by atoms with E-state index in [1.165, 1.54) is 11.2 Å². The van der Waals surface area contributed by atoms with Crippen LogP contribution in [-0.2, 0) is 4.79 Å². The first kappa shape index (κ1) is 24.8. The summed E-state index contributed by atoms with van der Waals surface area (Å²) in [5, 5.41) is 2.90. The van der Waals surface area contributed by atoms with Gasteiger partial charge in [-0.05, 0) is 75.6 Å². The molecule has 0 aliphatic carbocycles. The summed E-state index contributed by atoms with van der Waals surface area (Å²) in [6.45, 7) is 7.81. The Morgan fingerprint density at radius 3 is 2.38 bits per heavy atom. The van der Waals surface area contributed by atoms with Gasteiger partial charge in [0.15, 0.2) is 11.7 Å². The standard InChI is InChI=1S/C23H27N5O5S/c1-5-32-14-10-8-13(9-11-14)28(22(31)19-16(24)17(20(25)29)27-34-19)18(15-7-6-12-33-15)21(30)26-23(2,3)4/h6-12,18H,5,24H2,1-4H3,(H2,25,29)(H,26,30). The van der Waals surface area contributed by atoms with Crippen molar-refractivity contribution >= 4 is 40.6 Å². The van der Waals surface area contributed by atoms with Gasteiger partial charge in [-0.1, -0.05) is 0 Å². The number of furan rings is 1. The molecule has 10 nitrogen and oxygen atoms in total. The van der Waals surface area contributed by atoms with Crippen LogP contribution in [0.4, 0.5) is 11.4 Å². The molecule has 34 heavy (non-hydrogen) atoms. The van der Waals surface area contributed by atoms with Gasteiger partial charge in [0.1, 0.15) is 16.4 Å². The van der Waals surface area contributed by atoms with E-state index >= 15 is 0 Å². The zero-order chi connectivity index (χ0) is 25.0. The molecule has 3 amide bonds.